The first kappa shape index (κ1) is 34.8. The van der Waals surface area contributed by atoms with E-state index in [1.165, 1.54) is 0 Å². The summed E-state index contributed by atoms with van der Waals surface area (Å²) in [5.74, 6) is 2.72. The number of fused-ring (bicyclic) bond motifs is 10. The number of aliphatic imine (C=N–C) groups is 4. The third-order valence-corrected chi connectivity index (χ3v) is 12.8. The van der Waals surface area contributed by atoms with Crippen molar-refractivity contribution < 1.29 is 26.8 Å². The zero-order chi connectivity index (χ0) is 38.0. The zero-order valence-corrected chi connectivity index (χ0v) is 32.3. The smallest absolute Gasteiger partial charge is 0.589 e. The van der Waals surface area contributed by atoms with Crippen molar-refractivity contribution in [2.24, 2.45) is 20.0 Å². The molecule has 10 rings (SSSR count). The van der Waals surface area contributed by atoms with Crippen LogP contribution >= 0.6 is 0 Å². The van der Waals surface area contributed by atoms with Gasteiger partial charge in [0.2, 0.25) is 11.8 Å². The molecule has 0 saturated heterocycles. The Hall–Kier alpha value is -6.70. The average molecular weight is 779 g/mol. The summed E-state index contributed by atoms with van der Waals surface area (Å²) in [5, 5.41) is 1.67. The van der Waals surface area contributed by atoms with Crippen LogP contribution in [0.4, 0.5) is 23.1 Å². The van der Waals surface area contributed by atoms with Gasteiger partial charge in [0.1, 0.15) is 22.5 Å². The normalized spacial score (nSPS) is 14.7. The fourth-order valence-corrected chi connectivity index (χ4v) is 9.83. The summed E-state index contributed by atoms with van der Waals surface area (Å²) >= 11 is -6.50. The second kappa shape index (κ2) is 15.4. The molecule has 0 radical (unpaired) electrons. The molecule has 0 spiro atoms. The molecule has 11 nitrogen and oxygen atoms in total. The highest BCUT2D eigenvalue weighted by molar-refractivity contribution is 6.54. The van der Waals surface area contributed by atoms with E-state index < -0.39 is 30.3 Å². The van der Waals surface area contributed by atoms with Gasteiger partial charge in [-0.2, -0.15) is 0 Å². The quantitative estimate of drug-likeness (QED) is 0.160. The first-order valence-electron chi connectivity index (χ1n) is 18.1. The average Bonchev–Trinajstić information content (AvgIpc) is 3.79. The Morgan fingerprint density at radius 3 is 1.05 bits per heavy atom. The van der Waals surface area contributed by atoms with Gasteiger partial charge in [0.05, 0.1) is 23.0 Å². The molecule has 2 aliphatic heterocycles. The first-order valence-corrected chi connectivity index (χ1v) is 20.9. The van der Waals surface area contributed by atoms with Crippen LogP contribution in [-0.4, -0.2) is 55.2 Å². The highest BCUT2D eigenvalue weighted by atomic mass is 27.3. The molecular formula is C44H28Al2N4O7. The third kappa shape index (κ3) is 7.26. The van der Waals surface area contributed by atoms with Crippen molar-refractivity contribution in [3.63, 3.8) is 0 Å². The molecule has 6 aromatic carbocycles. The second-order valence-electron chi connectivity index (χ2n) is 12.9. The molecule has 0 unspecified atom stereocenters. The summed E-state index contributed by atoms with van der Waals surface area (Å²) in [7, 11) is 0. The van der Waals surface area contributed by atoms with Crippen molar-refractivity contribution in [3.8, 4) is 23.0 Å². The largest absolute Gasteiger partial charge is 1.07 e. The van der Waals surface area contributed by atoms with Gasteiger partial charge in [-0.15, -0.1) is 0 Å². The van der Waals surface area contributed by atoms with Crippen LogP contribution in [0.25, 0.3) is 21.9 Å². The summed E-state index contributed by atoms with van der Waals surface area (Å²) in [6.07, 6.45) is 6.82. The maximum atomic E-state index is 6.81. The van der Waals surface area contributed by atoms with Crippen molar-refractivity contribution in [1.29, 1.82) is 0 Å². The van der Waals surface area contributed by atoms with Crippen molar-refractivity contribution in [3.05, 3.63) is 168 Å². The molecule has 0 atom stereocenters. The maximum absolute atomic E-state index is 6.81. The first-order chi connectivity index (χ1) is 28.2. The van der Waals surface area contributed by atoms with E-state index in [4.69, 9.17) is 46.8 Å². The lowest BCUT2D eigenvalue weighted by Gasteiger charge is -2.22. The monoisotopic (exact) mass is 778 g/mol. The third-order valence-electron chi connectivity index (χ3n) is 9.20. The van der Waals surface area contributed by atoms with E-state index in [9.17, 15) is 0 Å². The molecule has 57 heavy (non-hydrogen) atoms. The summed E-state index contributed by atoms with van der Waals surface area (Å²) in [5.41, 5.74) is 5.29. The topological polar surface area (TPSA) is 122 Å². The lowest BCUT2D eigenvalue weighted by molar-refractivity contribution is 0.236. The van der Waals surface area contributed by atoms with E-state index in [-0.39, 0.29) is 0 Å². The molecule has 0 bridgehead atoms. The van der Waals surface area contributed by atoms with Gasteiger partial charge in [0, 0.05) is 57.9 Å². The van der Waals surface area contributed by atoms with Crippen LogP contribution in [0, 0.1) is 0 Å². The highest BCUT2D eigenvalue weighted by Crippen LogP contribution is 2.41. The fourth-order valence-electron chi connectivity index (χ4n) is 6.43. The second-order valence-corrected chi connectivity index (χ2v) is 16.1. The van der Waals surface area contributed by atoms with Gasteiger partial charge in [-0.05, 0) is 72.8 Å². The van der Waals surface area contributed by atoms with Crippen LogP contribution < -0.4 is 15.2 Å². The van der Waals surface area contributed by atoms with Crippen LogP contribution in [0.1, 0.15) is 22.3 Å². The van der Waals surface area contributed by atoms with Crippen molar-refractivity contribution in [1.82, 2.24) is 0 Å². The molecule has 0 fully saturated rings. The van der Waals surface area contributed by atoms with Gasteiger partial charge < -0.3 is 26.8 Å². The Labute approximate surface area is 336 Å². The minimum atomic E-state index is -3.25. The predicted octanol–water partition coefficient (Wildman–Crippen LogP) is 10.4. The van der Waals surface area contributed by atoms with Gasteiger partial charge in [-0.3, -0.25) is 0 Å². The number of furan rings is 2. The number of para-hydroxylation sites is 6. The minimum Gasteiger partial charge on any atom is -0.589 e. The van der Waals surface area contributed by atoms with Crippen LogP contribution in [0.3, 0.4) is 0 Å². The molecule has 0 N–H and O–H groups in total. The molecule has 2 aromatic heterocycles. The van der Waals surface area contributed by atoms with E-state index in [0.29, 0.717) is 79.6 Å². The van der Waals surface area contributed by atoms with Crippen LogP contribution in [-0.2, 0) is 2.84 Å². The van der Waals surface area contributed by atoms with Gasteiger partial charge in [-0.1, -0.05) is 72.8 Å². The Morgan fingerprint density at radius 1 is 0.351 bits per heavy atom. The Kier molecular flexibility index (Phi) is 9.42. The van der Waals surface area contributed by atoms with E-state index in [1.807, 2.05) is 146 Å². The van der Waals surface area contributed by atoms with E-state index in [2.05, 4.69) is 0 Å². The summed E-state index contributed by atoms with van der Waals surface area (Å²) in [6, 6.07) is 45.5. The molecule has 4 heterocycles. The lowest BCUT2D eigenvalue weighted by Crippen LogP contribution is -2.46. The van der Waals surface area contributed by atoms with Gasteiger partial charge in [0.25, 0.3) is 0 Å². The van der Waals surface area contributed by atoms with E-state index >= 15 is 0 Å². The predicted molar refractivity (Wildman–Crippen MR) is 222 cm³/mol. The van der Waals surface area contributed by atoms with Crippen LogP contribution in [0.5, 0.6) is 23.0 Å². The fraction of sp³-hybridized carbons (Fsp3) is 0. The van der Waals surface area contributed by atoms with Crippen molar-refractivity contribution >= 4 is 100 Å². The van der Waals surface area contributed by atoms with Gasteiger partial charge in [-0.25, -0.2) is 20.0 Å². The molecular weight excluding hydrogens is 750 g/mol. The van der Waals surface area contributed by atoms with Gasteiger partial charge in [0.15, 0.2) is 0 Å². The molecule has 2 aliphatic rings. The minimum absolute atomic E-state index is 0.365. The number of hydrogen-bond acceptors (Lipinski definition) is 11. The highest BCUT2D eigenvalue weighted by Gasteiger charge is 2.53. The lowest BCUT2D eigenvalue weighted by atomic mass is 10.2. The van der Waals surface area contributed by atoms with Crippen LogP contribution in [0.15, 0.2) is 174 Å². The SMILES string of the molecule is C1=Nc2c(oc3ccccc23)/N=C/c2ccccc2[O][Al]([O][Al]2[O]c3ccccc3C=Nc3c(oc4ccccc34)/N=C/c3ccccc3[O]2)[O]c2ccccc21. The standard InChI is InChI=1S/2C22H16N2O3.2Al.O/c2*25-18-10-4-1-7-15(18)13-23-21-17-9-3-6-12-20(17)27-22(21)24-14-16-8-2-5-11-19(16)26;;;/h2*1-14,25-26H;;;/q;;2*+2;/p-4/b2*23-13?,24-14+;;;. The van der Waals surface area contributed by atoms with E-state index in [0.717, 1.165) is 10.8 Å². The van der Waals surface area contributed by atoms with Gasteiger partial charge >= 0.3 is 30.3 Å². The number of rotatable bonds is 2. The molecule has 272 valence electrons. The van der Waals surface area contributed by atoms with Crippen LogP contribution in [0.2, 0.25) is 0 Å². The number of benzene rings is 6. The molecule has 0 amide bonds. The number of nitrogens with zero attached hydrogens (tertiary/aromatic N) is 4. The number of hydrogen-bond donors (Lipinski definition) is 0. The molecule has 8 aromatic rings. The Balaban J connectivity index is 1.06. The summed E-state index contributed by atoms with van der Waals surface area (Å²) in [4.78, 5) is 19.2. The van der Waals surface area contributed by atoms with Crippen molar-refractivity contribution in [2.75, 3.05) is 0 Å². The summed E-state index contributed by atoms with van der Waals surface area (Å²) < 4.78 is 45.9. The Bertz CT molecular complexity index is 2710. The molecule has 0 saturated carbocycles. The Morgan fingerprint density at radius 2 is 0.667 bits per heavy atom. The summed E-state index contributed by atoms with van der Waals surface area (Å²) in [6.45, 7) is 0. The maximum Gasteiger partial charge on any atom is 1.07 e. The van der Waals surface area contributed by atoms with E-state index in [1.54, 1.807) is 24.9 Å². The van der Waals surface area contributed by atoms with Crippen molar-refractivity contribution in [2.45, 2.75) is 0 Å². The zero-order valence-electron chi connectivity index (χ0n) is 30.0. The molecule has 0 aliphatic carbocycles. The molecule has 13 heteroatoms.